The molecule has 0 bridgehead atoms. The van der Waals surface area contributed by atoms with Crippen molar-refractivity contribution < 1.29 is 24.6 Å². The Morgan fingerprint density at radius 1 is 0.872 bits per heavy atom. The maximum absolute atomic E-state index is 11.9. The number of aliphatic carboxylic acids is 2. The minimum absolute atomic E-state index is 0.0223. The summed E-state index contributed by atoms with van der Waals surface area (Å²) in [5.41, 5.74) is 4.36. The number of H-pyrrole nitrogens is 1. The number of rotatable bonds is 7. The third kappa shape index (κ3) is 7.00. The van der Waals surface area contributed by atoms with Crippen LogP contribution in [0.5, 0.6) is 0 Å². The van der Waals surface area contributed by atoms with E-state index in [1.165, 1.54) is 19.3 Å². The molecule has 1 unspecified atom stereocenters. The van der Waals surface area contributed by atoms with Gasteiger partial charge in [-0.3, -0.25) is 14.4 Å². The molecule has 0 spiro atoms. The molecule has 8 heteroatoms. The molecule has 204 valence electrons. The molecule has 0 amide bonds. The molecule has 0 radical (unpaired) electrons. The Hall–Kier alpha value is -3.35. The lowest BCUT2D eigenvalue weighted by molar-refractivity contribution is -0.138. The van der Waals surface area contributed by atoms with Crippen LogP contribution in [0.4, 0.5) is 0 Å². The van der Waals surface area contributed by atoms with Crippen molar-refractivity contribution in [2.45, 2.75) is 63.7 Å². The minimum atomic E-state index is -0.955. The Bertz CT molecular complexity index is 1520. The van der Waals surface area contributed by atoms with Gasteiger partial charge >= 0.3 is 11.9 Å². The fourth-order valence-electron chi connectivity index (χ4n) is 5.12. The largest absolute Gasteiger partial charge is 0.481 e. The SMILES string of the molecule is CC(C(=O)O)c1ccc2c(c1)[nH]c1ccc(Cl)cc12.O=C(O)CCC(=O)c1ccc(C2CCCCC2)c(Cl)c1. The first-order valence-corrected chi connectivity index (χ1v) is 13.9. The summed E-state index contributed by atoms with van der Waals surface area (Å²) in [6, 6.07) is 16.8. The zero-order valence-corrected chi connectivity index (χ0v) is 23.2. The first kappa shape index (κ1) is 28.7. The maximum Gasteiger partial charge on any atom is 0.310 e. The van der Waals surface area contributed by atoms with Crippen LogP contribution in [0, 0.1) is 0 Å². The molecule has 1 fully saturated rings. The fourth-order valence-corrected chi connectivity index (χ4v) is 5.62. The number of carboxylic acid groups (broad SMARTS) is 2. The second kappa shape index (κ2) is 12.7. The maximum atomic E-state index is 11.9. The van der Waals surface area contributed by atoms with Crippen molar-refractivity contribution >= 4 is 62.7 Å². The van der Waals surface area contributed by atoms with Gasteiger partial charge in [0.05, 0.1) is 12.3 Å². The van der Waals surface area contributed by atoms with Gasteiger partial charge in [-0.25, -0.2) is 0 Å². The average Bonchev–Trinajstić information content (AvgIpc) is 3.29. The number of halogens is 2. The van der Waals surface area contributed by atoms with Gasteiger partial charge < -0.3 is 15.2 Å². The molecule has 1 aromatic heterocycles. The summed E-state index contributed by atoms with van der Waals surface area (Å²) < 4.78 is 0. The number of carbonyl (C=O) groups excluding carboxylic acids is 1. The Morgan fingerprint density at radius 3 is 2.28 bits per heavy atom. The molecule has 5 rings (SSSR count). The number of Topliss-reactive ketones (excluding diaryl/α,β-unsaturated/α-hetero) is 1. The highest BCUT2D eigenvalue weighted by atomic mass is 35.5. The van der Waals surface area contributed by atoms with Crippen molar-refractivity contribution in [2.24, 2.45) is 0 Å². The zero-order valence-electron chi connectivity index (χ0n) is 21.7. The van der Waals surface area contributed by atoms with Gasteiger partial charge in [0.25, 0.3) is 0 Å². The summed E-state index contributed by atoms with van der Waals surface area (Å²) in [5.74, 6) is -1.95. The summed E-state index contributed by atoms with van der Waals surface area (Å²) in [4.78, 5) is 36.7. The molecule has 4 aromatic rings. The number of ketones is 1. The fraction of sp³-hybridized carbons (Fsp3) is 0.323. The molecule has 1 heterocycles. The Kier molecular flexibility index (Phi) is 9.31. The van der Waals surface area contributed by atoms with Crippen molar-refractivity contribution in [3.63, 3.8) is 0 Å². The second-order valence-electron chi connectivity index (χ2n) is 10.1. The van der Waals surface area contributed by atoms with Gasteiger partial charge in [0.15, 0.2) is 5.78 Å². The van der Waals surface area contributed by atoms with Crippen LogP contribution < -0.4 is 0 Å². The van der Waals surface area contributed by atoms with Gasteiger partial charge in [0.1, 0.15) is 0 Å². The molecular formula is C31H31Cl2NO5. The molecule has 0 saturated heterocycles. The number of carboxylic acids is 2. The van der Waals surface area contributed by atoms with E-state index in [-0.39, 0.29) is 18.6 Å². The zero-order chi connectivity index (χ0) is 28.1. The molecule has 39 heavy (non-hydrogen) atoms. The number of fused-ring (bicyclic) bond motifs is 3. The quantitative estimate of drug-likeness (QED) is 0.194. The van der Waals surface area contributed by atoms with Crippen LogP contribution in [0.15, 0.2) is 54.6 Å². The number of nitrogens with one attached hydrogen (secondary N) is 1. The van der Waals surface area contributed by atoms with Gasteiger partial charge in [0.2, 0.25) is 0 Å². The highest BCUT2D eigenvalue weighted by molar-refractivity contribution is 6.32. The lowest BCUT2D eigenvalue weighted by atomic mass is 9.83. The normalized spacial score (nSPS) is 14.5. The van der Waals surface area contributed by atoms with Gasteiger partial charge in [-0.05, 0) is 67.1 Å². The first-order valence-electron chi connectivity index (χ1n) is 13.1. The van der Waals surface area contributed by atoms with Crippen LogP contribution in [-0.2, 0) is 9.59 Å². The van der Waals surface area contributed by atoms with Crippen LogP contribution in [0.25, 0.3) is 21.8 Å². The number of benzene rings is 3. The van der Waals surface area contributed by atoms with E-state index in [2.05, 4.69) is 4.98 Å². The van der Waals surface area contributed by atoms with Crippen molar-refractivity contribution in [1.82, 2.24) is 4.98 Å². The second-order valence-corrected chi connectivity index (χ2v) is 10.9. The summed E-state index contributed by atoms with van der Waals surface area (Å²) in [6.07, 6.45) is 5.97. The van der Waals surface area contributed by atoms with Crippen LogP contribution in [-0.4, -0.2) is 32.9 Å². The Labute approximate surface area is 236 Å². The highest BCUT2D eigenvalue weighted by Gasteiger charge is 2.19. The molecule has 1 aliphatic carbocycles. The molecule has 0 aliphatic heterocycles. The monoisotopic (exact) mass is 567 g/mol. The van der Waals surface area contributed by atoms with E-state index >= 15 is 0 Å². The Morgan fingerprint density at radius 2 is 1.62 bits per heavy atom. The van der Waals surface area contributed by atoms with Crippen LogP contribution >= 0.6 is 23.2 Å². The first-order chi connectivity index (χ1) is 18.6. The number of aromatic nitrogens is 1. The molecule has 6 nitrogen and oxygen atoms in total. The molecule has 1 aliphatic rings. The molecule has 1 saturated carbocycles. The van der Waals surface area contributed by atoms with E-state index in [0.717, 1.165) is 45.8 Å². The van der Waals surface area contributed by atoms with Gasteiger partial charge in [-0.1, -0.05) is 66.7 Å². The van der Waals surface area contributed by atoms with Crippen LogP contribution in [0.1, 0.15) is 85.2 Å². The molecule has 3 N–H and O–H groups in total. The number of aromatic amines is 1. The van der Waals surface area contributed by atoms with Crippen molar-refractivity contribution in [1.29, 1.82) is 0 Å². The van der Waals surface area contributed by atoms with Crippen molar-refractivity contribution in [3.8, 4) is 0 Å². The highest BCUT2D eigenvalue weighted by Crippen LogP contribution is 2.36. The predicted molar refractivity (Wildman–Crippen MR) is 155 cm³/mol. The van der Waals surface area contributed by atoms with E-state index in [0.29, 0.717) is 21.5 Å². The van der Waals surface area contributed by atoms with Gasteiger partial charge in [-0.2, -0.15) is 0 Å². The summed E-state index contributed by atoms with van der Waals surface area (Å²) in [6.45, 7) is 1.68. The molecule has 1 atom stereocenters. The third-order valence-electron chi connectivity index (χ3n) is 7.39. The smallest absolute Gasteiger partial charge is 0.310 e. The van der Waals surface area contributed by atoms with E-state index in [1.807, 2.05) is 42.5 Å². The van der Waals surface area contributed by atoms with E-state index in [4.69, 9.17) is 33.4 Å². The summed E-state index contributed by atoms with van der Waals surface area (Å²) in [5, 5.41) is 21.1. The number of hydrogen-bond acceptors (Lipinski definition) is 3. The minimum Gasteiger partial charge on any atom is -0.481 e. The number of carbonyl (C=O) groups is 3. The van der Waals surface area contributed by atoms with E-state index in [9.17, 15) is 14.4 Å². The summed E-state index contributed by atoms with van der Waals surface area (Å²) in [7, 11) is 0. The lowest BCUT2D eigenvalue weighted by Crippen LogP contribution is -2.07. The van der Waals surface area contributed by atoms with E-state index in [1.54, 1.807) is 19.1 Å². The molecule has 3 aromatic carbocycles. The topological polar surface area (TPSA) is 107 Å². The Balaban J connectivity index is 0.000000181. The van der Waals surface area contributed by atoms with Gasteiger partial charge in [0, 0.05) is 43.8 Å². The number of hydrogen-bond donors (Lipinski definition) is 3. The van der Waals surface area contributed by atoms with Crippen molar-refractivity contribution in [3.05, 3.63) is 81.3 Å². The predicted octanol–water partition coefficient (Wildman–Crippen LogP) is 8.60. The average molecular weight is 568 g/mol. The van der Waals surface area contributed by atoms with Crippen LogP contribution in [0.2, 0.25) is 10.0 Å². The molecular weight excluding hydrogens is 537 g/mol. The van der Waals surface area contributed by atoms with Crippen LogP contribution in [0.3, 0.4) is 0 Å². The summed E-state index contributed by atoms with van der Waals surface area (Å²) >= 11 is 12.3. The van der Waals surface area contributed by atoms with Crippen molar-refractivity contribution in [2.75, 3.05) is 0 Å². The third-order valence-corrected chi connectivity index (χ3v) is 7.95. The van der Waals surface area contributed by atoms with E-state index < -0.39 is 17.9 Å². The lowest BCUT2D eigenvalue weighted by Gasteiger charge is -2.23. The standard InChI is InChI=1S/C16H19ClO3.C15H12ClNO2/c17-14-10-12(15(18)8-9-16(19)20)6-7-13(14)11-4-2-1-3-5-11;1-8(15(18)19)9-2-4-11-12-7-10(16)3-5-13(12)17-14(11)6-9/h6-7,10-11H,1-5,8-9H2,(H,19,20);2-8,17H,1H3,(H,18,19). The van der Waals surface area contributed by atoms with Gasteiger partial charge in [-0.15, -0.1) is 0 Å².